The van der Waals surface area contributed by atoms with Crippen molar-refractivity contribution in [3.63, 3.8) is 0 Å². The number of aromatic nitrogens is 1. The van der Waals surface area contributed by atoms with E-state index in [0.717, 1.165) is 68.0 Å². The molecule has 1 aliphatic rings. The minimum Gasteiger partial charge on any atom is -0.462 e. The molecule has 1 aliphatic heterocycles. The van der Waals surface area contributed by atoms with Crippen molar-refractivity contribution in [1.82, 2.24) is 9.88 Å². The Morgan fingerprint density at radius 3 is 2.85 bits per heavy atom. The predicted molar refractivity (Wildman–Crippen MR) is 110 cm³/mol. The second-order valence-corrected chi connectivity index (χ2v) is 6.52. The van der Waals surface area contributed by atoms with Crippen molar-refractivity contribution in [2.24, 2.45) is 0 Å². The molecule has 0 bridgehead atoms. The van der Waals surface area contributed by atoms with Crippen LogP contribution in [0.25, 0.3) is 10.9 Å². The van der Waals surface area contributed by atoms with Crippen LogP contribution < -0.4 is 5.32 Å². The summed E-state index contributed by atoms with van der Waals surface area (Å²) in [6, 6.07) is 6.08. The number of esters is 1. The Hall–Kier alpha value is -1.89. The number of morpholine rings is 1. The Morgan fingerprint density at radius 2 is 2.11 bits per heavy atom. The fraction of sp³-hybridized carbons (Fsp3) is 0.500. The van der Waals surface area contributed by atoms with E-state index in [4.69, 9.17) is 9.47 Å². The molecule has 148 valence electrons. The number of halogens is 1. The van der Waals surface area contributed by atoms with Crippen molar-refractivity contribution in [3.05, 3.63) is 35.5 Å². The summed E-state index contributed by atoms with van der Waals surface area (Å²) >= 11 is 0. The smallest absolute Gasteiger partial charge is 0.341 e. The van der Waals surface area contributed by atoms with E-state index in [1.54, 1.807) is 6.20 Å². The van der Waals surface area contributed by atoms with Gasteiger partial charge in [0.1, 0.15) is 5.56 Å². The van der Waals surface area contributed by atoms with Crippen LogP contribution in [0.5, 0.6) is 0 Å². The van der Waals surface area contributed by atoms with Crippen LogP contribution in [-0.2, 0) is 9.47 Å². The first-order chi connectivity index (χ1) is 12.7. The van der Waals surface area contributed by atoms with Gasteiger partial charge in [0.25, 0.3) is 0 Å². The van der Waals surface area contributed by atoms with Gasteiger partial charge in [-0.3, -0.25) is 9.88 Å². The van der Waals surface area contributed by atoms with Gasteiger partial charge in [-0.2, -0.15) is 0 Å². The van der Waals surface area contributed by atoms with E-state index >= 15 is 0 Å². The molecule has 6 nitrogen and oxygen atoms in total. The molecule has 0 radical (unpaired) electrons. The van der Waals surface area contributed by atoms with Gasteiger partial charge in [-0.05, 0) is 38.9 Å². The predicted octanol–water partition coefficient (Wildman–Crippen LogP) is 3.28. The number of aryl methyl sites for hydroxylation is 1. The fourth-order valence-electron chi connectivity index (χ4n) is 3.20. The Labute approximate surface area is 166 Å². The molecule has 1 saturated heterocycles. The van der Waals surface area contributed by atoms with E-state index in [1.807, 2.05) is 26.0 Å². The zero-order chi connectivity index (χ0) is 18.4. The van der Waals surface area contributed by atoms with Crippen LogP contribution in [0.3, 0.4) is 0 Å². The second-order valence-electron chi connectivity index (χ2n) is 6.52. The quantitative estimate of drug-likeness (QED) is 0.575. The molecule has 27 heavy (non-hydrogen) atoms. The Morgan fingerprint density at radius 1 is 1.33 bits per heavy atom. The zero-order valence-electron chi connectivity index (χ0n) is 16.0. The first-order valence-electron chi connectivity index (χ1n) is 9.29. The lowest BCUT2D eigenvalue weighted by Gasteiger charge is -2.26. The third-order valence-corrected chi connectivity index (χ3v) is 4.58. The normalized spacial score (nSPS) is 14.6. The summed E-state index contributed by atoms with van der Waals surface area (Å²) in [5, 5.41) is 4.42. The van der Waals surface area contributed by atoms with Gasteiger partial charge in [0.05, 0.1) is 31.0 Å². The van der Waals surface area contributed by atoms with Crippen LogP contribution in [0, 0.1) is 6.92 Å². The first-order valence-corrected chi connectivity index (χ1v) is 9.29. The molecule has 2 aromatic rings. The van der Waals surface area contributed by atoms with Crippen LogP contribution in [0.1, 0.15) is 29.3 Å². The molecule has 0 spiro atoms. The average molecular weight is 394 g/mol. The number of nitrogens with one attached hydrogen (secondary N) is 1. The zero-order valence-corrected chi connectivity index (χ0v) is 16.8. The maximum absolute atomic E-state index is 12.3. The summed E-state index contributed by atoms with van der Waals surface area (Å²) < 4.78 is 10.6. The minimum atomic E-state index is -0.334. The number of pyridine rings is 1. The number of anilines is 1. The number of carbonyl (C=O) groups is 1. The lowest BCUT2D eigenvalue weighted by atomic mass is 10.1. The van der Waals surface area contributed by atoms with Gasteiger partial charge in [0.2, 0.25) is 0 Å². The largest absolute Gasteiger partial charge is 0.462 e. The van der Waals surface area contributed by atoms with E-state index in [0.29, 0.717) is 12.2 Å². The van der Waals surface area contributed by atoms with Crippen LogP contribution in [0.15, 0.2) is 24.4 Å². The molecule has 1 aromatic heterocycles. The molecule has 0 unspecified atom stereocenters. The van der Waals surface area contributed by atoms with Crippen molar-refractivity contribution in [3.8, 4) is 0 Å². The number of nitrogens with zero attached hydrogens (tertiary/aromatic N) is 2. The molecule has 1 N–H and O–H groups in total. The van der Waals surface area contributed by atoms with E-state index in [9.17, 15) is 4.79 Å². The highest BCUT2D eigenvalue weighted by Gasteiger charge is 2.17. The Balaban J connectivity index is 0.00000261. The summed E-state index contributed by atoms with van der Waals surface area (Å²) in [5.74, 6) is -0.334. The van der Waals surface area contributed by atoms with Gasteiger partial charge in [-0.25, -0.2) is 4.79 Å². The van der Waals surface area contributed by atoms with E-state index in [1.165, 1.54) is 0 Å². The SMILES string of the molecule is CCOC(=O)c1cnc2ccc(C)cc2c1NCCCN1CCOCC1.Cl. The van der Waals surface area contributed by atoms with E-state index < -0.39 is 0 Å². The molecule has 1 aromatic carbocycles. The lowest BCUT2D eigenvalue weighted by molar-refractivity contribution is 0.0378. The molecule has 0 atom stereocenters. The molecular formula is C20H28ClN3O3. The molecule has 3 rings (SSSR count). The molecule has 0 aliphatic carbocycles. The van der Waals surface area contributed by atoms with Crippen LogP contribution >= 0.6 is 12.4 Å². The summed E-state index contributed by atoms with van der Waals surface area (Å²) in [6.45, 7) is 9.62. The number of fused-ring (bicyclic) bond motifs is 1. The summed E-state index contributed by atoms with van der Waals surface area (Å²) in [7, 11) is 0. The highest BCUT2D eigenvalue weighted by molar-refractivity contribution is 6.05. The van der Waals surface area contributed by atoms with Crippen LogP contribution in [0.2, 0.25) is 0 Å². The maximum Gasteiger partial charge on any atom is 0.341 e. The molecule has 2 heterocycles. The molecular weight excluding hydrogens is 366 g/mol. The average Bonchev–Trinajstić information content (AvgIpc) is 2.66. The van der Waals surface area contributed by atoms with Gasteiger partial charge in [-0.1, -0.05) is 11.6 Å². The maximum atomic E-state index is 12.3. The lowest BCUT2D eigenvalue weighted by Crippen LogP contribution is -2.37. The van der Waals surface area contributed by atoms with Crippen LogP contribution in [-0.4, -0.2) is 61.9 Å². The number of ether oxygens (including phenoxy) is 2. The Kier molecular flexibility index (Phi) is 8.28. The number of rotatable bonds is 7. The number of carbonyl (C=O) groups excluding carboxylic acids is 1. The van der Waals surface area contributed by atoms with Crippen LogP contribution in [0.4, 0.5) is 5.69 Å². The summed E-state index contributed by atoms with van der Waals surface area (Å²) in [6.07, 6.45) is 2.61. The van der Waals surface area contributed by atoms with E-state index in [2.05, 4.69) is 21.3 Å². The number of hydrogen-bond donors (Lipinski definition) is 1. The second kappa shape index (κ2) is 10.4. The monoisotopic (exact) mass is 393 g/mol. The molecule has 0 saturated carbocycles. The number of hydrogen-bond acceptors (Lipinski definition) is 6. The van der Waals surface area contributed by atoms with Gasteiger partial charge in [-0.15, -0.1) is 12.4 Å². The van der Waals surface area contributed by atoms with Crippen molar-refractivity contribution in [2.75, 3.05) is 51.3 Å². The fourth-order valence-corrected chi connectivity index (χ4v) is 3.20. The van der Waals surface area contributed by atoms with Gasteiger partial charge < -0.3 is 14.8 Å². The summed E-state index contributed by atoms with van der Waals surface area (Å²) in [5.41, 5.74) is 3.33. The van der Waals surface area contributed by atoms with Gasteiger partial charge >= 0.3 is 5.97 Å². The third kappa shape index (κ3) is 5.54. The van der Waals surface area contributed by atoms with E-state index in [-0.39, 0.29) is 18.4 Å². The highest BCUT2D eigenvalue weighted by Crippen LogP contribution is 2.27. The highest BCUT2D eigenvalue weighted by atomic mass is 35.5. The van der Waals surface area contributed by atoms with Crippen molar-refractivity contribution in [2.45, 2.75) is 20.3 Å². The topological polar surface area (TPSA) is 63.7 Å². The van der Waals surface area contributed by atoms with Gasteiger partial charge in [0, 0.05) is 31.2 Å². The summed E-state index contributed by atoms with van der Waals surface area (Å²) in [4.78, 5) is 19.2. The number of benzene rings is 1. The van der Waals surface area contributed by atoms with Crippen molar-refractivity contribution < 1.29 is 14.3 Å². The minimum absolute atomic E-state index is 0. The van der Waals surface area contributed by atoms with Crippen molar-refractivity contribution in [1.29, 1.82) is 0 Å². The van der Waals surface area contributed by atoms with Gasteiger partial charge in [0.15, 0.2) is 0 Å². The Bertz CT molecular complexity index is 763. The third-order valence-electron chi connectivity index (χ3n) is 4.58. The first kappa shape index (κ1) is 21.4. The molecule has 7 heteroatoms. The standard InChI is InChI=1S/C20H27N3O3.ClH/c1-3-26-20(24)17-14-22-18-6-5-15(2)13-16(18)19(17)21-7-4-8-23-9-11-25-12-10-23;/h5-6,13-14H,3-4,7-12H2,1-2H3,(H,21,22);1H. The molecule has 1 fully saturated rings. The molecule has 0 amide bonds. The van der Waals surface area contributed by atoms with Crippen molar-refractivity contribution >= 4 is 35.0 Å².